The predicted octanol–water partition coefficient (Wildman–Crippen LogP) is 2.59. The van der Waals surface area contributed by atoms with Crippen molar-refractivity contribution < 1.29 is 9.47 Å². The zero-order valence-electron chi connectivity index (χ0n) is 13.6. The van der Waals surface area contributed by atoms with Crippen LogP contribution in [0.5, 0.6) is 11.5 Å². The van der Waals surface area contributed by atoms with Crippen LogP contribution in [0.25, 0.3) is 0 Å². The molecule has 0 atom stereocenters. The van der Waals surface area contributed by atoms with Crippen LogP contribution < -0.4 is 20.1 Å². The van der Waals surface area contributed by atoms with Crippen LogP contribution in [-0.4, -0.2) is 35.7 Å². The fourth-order valence-electron chi connectivity index (χ4n) is 2.15. The van der Waals surface area contributed by atoms with Crippen LogP contribution in [0.1, 0.15) is 12.1 Å². The van der Waals surface area contributed by atoms with Crippen LogP contribution in [0.2, 0.25) is 0 Å². The van der Waals surface area contributed by atoms with Crippen molar-refractivity contribution >= 4 is 23.0 Å². The summed E-state index contributed by atoms with van der Waals surface area (Å²) in [5, 5.41) is 11.2. The number of methoxy groups -OCH3 is 2. The lowest BCUT2D eigenvalue weighted by Gasteiger charge is -2.13. The van der Waals surface area contributed by atoms with E-state index < -0.39 is 0 Å². The molecule has 0 unspecified atom stereocenters. The van der Waals surface area contributed by atoms with Gasteiger partial charge >= 0.3 is 0 Å². The molecule has 2 N–H and O–H groups in total. The van der Waals surface area contributed by atoms with Crippen molar-refractivity contribution in [2.45, 2.75) is 19.9 Å². The highest BCUT2D eigenvalue weighted by atomic mass is 32.1. The third-order valence-corrected chi connectivity index (χ3v) is 3.65. The summed E-state index contributed by atoms with van der Waals surface area (Å²) in [5.41, 5.74) is 2.01. The van der Waals surface area contributed by atoms with Gasteiger partial charge in [0.1, 0.15) is 0 Å². The van der Waals surface area contributed by atoms with Crippen molar-refractivity contribution in [3.8, 4) is 11.5 Å². The first-order chi connectivity index (χ1) is 11.1. The zero-order valence-corrected chi connectivity index (χ0v) is 14.4. The Morgan fingerprint density at radius 1 is 1.22 bits per heavy atom. The maximum Gasteiger partial charge on any atom is 0.170 e. The molecule has 0 aliphatic rings. The first kappa shape index (κ1) is 17.1. The number of aryl methyl sites for hydroxylation is 2. The summed E-state index contributed by atoms with van der Waals surface area (Å²) >= 11 is 5.30. The standard InChI is InChI=1S/C16H22N4O2S/c1-12-7-9-18-20(12)10-4-8-17-16(23)19-13-5-6-14(21-2)15(11-13)22-3/h5-7,9,11H,4,8,10H2,1-3H3,(H2,17,19,23). The third-order valence-electron chi connectivity index (χ3n) is 3.40. The van der Waals surface area contributed by atoms with Gasteiger partial charge in [-0.3, -0.25) is 4.68 Å². The highest BCUT2D eigenvalue weighted by molar-refractivity contribution is 7.80. The Morgan fingerprint density at radius 3 is 2.65 bits per heavy atom. The Balaban J connectivity index is 1.77. The molecule has 0 aliphatic heterocycles. The second-order valence-corrected chi connectivity index (χ2v) is 5.41. The van der Waals surface area contributed by atoms with Gasteiger partial charge in [0.05, 0.1) is 14.2 Å². The van der Waals surface area contributed by atoms with Crippen LogP contribution in [-0.2, 0) is 6.54 Å². The molecule has 0 aliphatic carbocycles. The van der Waals surface area contributed by atoms with E-state index in [1.54, 1.807) is 14.2 Å². The number of thiocarbonyl (C=S) groups is 1. The summed E-state index contributed by atoms with van der Waals surface area (Å²) in [4.78, 5) is 0. The fraction of sp³-hybridized carbons (Fsp3) is 0.375. The summed E-state index contributed by atoms with van der Waals surface area (Å²) in [6.07, 6.45) is 2.75. The Morgan fingerprint density at radius 2 is 2.00 bits per heavy atom. The van der Waals surface area contributed by atoms with Gasteiger partial charge in [-0.05, 0) is 43.8 Å². The van der Waals surface area contributed by atoms with Gasteiger partial charge in [-0.1, -0.05) is 0 Å². The topological polar surface area (TPSA) is 60.3 Å². The SMILES string of the molecule is COc1ccc(NC(=S)NCCCn2nccc2C)cc1OC. The van der Waals surface area contributed by atoms with Crippen molar-refractivity contribution in [1.29, 1.82) is 0 Å². The minimum absolute atomic E-state index is 0.578. The molecule has 0 spiro atoms. The van der Waals surface area contributed by atoms with Crippen LogP contribution in [0.15, 0.2) is 30.5 Å². The van der Waals surface area contributed by atoms with Gasteiger partial charge in [0.15, 0.2) is 16.6 Å². The first-order valence-corrected chi connectivity index (χ1v) is 7.80. The number of ether oxygens (including phenoxy) is 2. The van der Waals surface area contributed by atoms with Gasteiger partial charge in [0.25, 0.3) is 0 Å². The molecule has 0 saturated carbocycles. The maximum atomic E-state index is 5.30. The molecule has 2 aromatic rings. The average Bonchev–Trinajstić information content (AvgIpc) is 2.96. The molecule has 1 aromatic carbocycles. The number of hydrogen-bond donors (Lipinski definition) is 2. The number of hydrogen-bond acceptors (Lipinski definition) is 4. The van der Waals surface area contributed by atoms with Crippen LogP contribution in [0.4, 0.5) is 5.69 Å². The van der Waals surface area contributed by atoms with Crippen LogP contribution in [0.3, 0.4) is 0 Å². The van der Waals surface area contributed by atoms with E-state index in [1.165, 1.54) is 0 Å². The van der Waals surface area contributed by atoms with E-state index in [0.717, 1.165) is 30.9 Å². The van der Waals surface area contributed by atoms with Crippen LogP contribution in [0, 0.1) is 6.92 Å². The predicted molar refractivity (Wildman–Crippen MR) is 95.4 cm³/mol. The molecule has 6 nitrogen and oxygen atoms in total. The summed E-state index contributed by atoms with van der Waals surface area (Å²) in [7, 11) is 3.22. The van der Waals surface area contributed by atoms with E-state index >= 15 is 0 Å². The number of nitrogens with zero attached hydrogens (tertiary/aromatic N) is 2. The highest BCUT2D eigenvalue weighted by Gasteiger charge is 2.05. The van der Waals surface area contributed by atoms with Gasteiger partial charge in [0.2, 0.25) is 0 Å². The molecular formula is C16H22N4O2S. The number of aromatic nitrogens is 2. The van der Waals surface area contributed by atoms with Gasteiger partial charge in [0, 0.05) is 36.7 Å². The minimum Gasteiger partial charge on any atom is -0.493 e. The highest BCUT2D eigenvalue weighted by Crippen LogP contribution is 2.29. The summed E-state index contributed by atoms with van der Waals surface area (Å²) < 4.78 is 12.5. The van der Waals surface area contributed by atoms with E-state index in [0.29, 0.717) is 16.6 Å². The molecule has 0 bridgehead atoms. The van der Waals surface area contributed by atoms with Gasteiger partial charge in [-0.15, -0.1) is 0 Å². The second kappa shape index (κ2) is 8.38. The molecule has 0 saturated heterocycles. The molecule has 2 rings (SSSR count). The lowest BCUT2D eigenvalue weighted by atomic mass is 10.3. The largest absolute Gasteiger partial charge is 0.493 e. The third kappa shape index (κ3) is 4.85. The Hall–Kier alpha value is -2.28. The monoisotopic (exact) mass is 334 g/mol. The average molecular weight is 334 g/mol. The van der Waals surface area contributed by atoms with Crippen molar-refractivity contribution in [2.75, 3.05) is 26.1 Å². The number of rotatable bonds is 7. The van der Waals surface area contributed by atoms with Crippen LogP contribution >= 0.6 is 12.2 Å². The van der Waals surface area contributed by atoms with E-state index in [2.05, 4.69) is 15.7 Å². The lowest BCUT2D eigenvalue weighted by molar-refractivity contribution is 0.355. The minimum atomic E-state index is 0.578. The Labute approximate surface area is 141 Å². The van der Waals surface area contributed by atoms with Crippen molar-refractivity contribution in [1.82, 2.24) is 15.1 Å². The fourth-order valence-corrected chi connectivity index (χ4v) is 2.37. The van der Waals surface area contributed by atoms with Crippen molar-refractivity contribution in [3.63, 3.8) is 0 Å². The first-order valence-electron chi connectivity index (χ1n) is 7.39. The number of anilines is 1. The molecule has 1 aromatic heterocycles. The second-order valence-electron chi connectivity index (χ2n) is 5.00. The molecular weight excluding hydrogens is 312 g/mol. The Kier molecular flexibility index (Phi) is 6.22. The number of nitrogens with one attached hydrogen (secondary N) is 2. The van der Waals surface area contributed by atoms with E-state index in [4.69, 9.17) is 21.7 Å². The molecule has 1 heterocycles. The van der Waals surface area contributed by atoms with E-state index in [1.807, 2.05) is 42.1 Å². The van der Waals surface area contributed by atoms with Gasteiger partial charge < -0.3 is 20.1 Å². The quantitative estimate of drug-likeness (QED) is 0.599. The smallest absolute Gasteiger partial charge is 0.170 e. The summed E-state index contributed by atoms with van der Waals surface area (Å²) in [6.45, 7) is 3.69. The van der Waals surface area contributed by atoms with E-state index in [-0.39, 0.29) is 0 Å². The molecule has 0 amide bonds. The Bertz CT molecular complexity index is 657. The van der Waals surface area contributed by atoms with Gasteiger partial charge in [-0.25, -0.2) is 0 Å². The summed E-state index contributed by atoms with van der Waals surface area (Å²) in [5.74, 6) is 1.35. The molecule has 124 valence electrons. The van der Waals surface area contributed by atoms with E-state index in [9.17, 15) is 0 Å². The number of benzene rings is 1. The molecule has 23 heavy (non-hydrogen) atoms. The zero-order chi connectivity index (χ0) is 16.7. The maximum absolute atomic E-state index is 5.30. The lowest BCUT2D eigenvalue weighted by Crippen LogP contribution is -2.29. The molecule has 0 radical (unpaired) electrons. The normalized spacial score (nSPS) is 10.2. The van der Waals surface area contributed by atoms with Crippen molar-refractivity contribution in [2.24, 2.45) is 0 Å². The molecule has 0 fully saturated rings. The summed E-state index contributed by atoms with van der Waals surface area (Å²) in [6, 6.07) is 7.57. The van der Waals surface area contributed by atoms with Crippen molar-refractivity contribution in [3.05, 3.63) is 36.2 Å². The molecule has 7 heteroatoms. The van der Waals surface area contributed by atoms with Gasteiger partial charge in [-0.2, -0.15) is 5.10 Å².